The molecule has 1 atom stereocenters. The average Bonchev–Trinajstić information content (AvgIpc) is 3.02. The Balaban J connectivity index is 1.75. The van der Waals surface area contributed by atoms with Gasteiger partial charge in [-0.15, -0.1) is 0 Å². The predicted octanol–water partition coefficient (Wildman–Crippen LogP) is 1.76. The Morgan fingerprint density at radius 1 is 1.21 bits per heavy atom. The van der Waals surface area contributed by atoms with Crippen LogP contribution >= 0.6 is 0 Å². The van der Waals surface area contributed by atoms with Crippen molar-refractivity contribution in [3.8, 4) is 0 Å². The van der Waals surface area contributed by atoms with Crippen LogP contribution in [0.5, 0.6) is 0 Å². The number of imide groups is 1. The highest BCUT2D eigenvalue weighted by molar-refractivity contribution is 6.00. The number of amides is 4. The molecule has 152 valence electrons. The summed E-state index contributed by atoms with van der Waals surface area (Å²) in [7, 11) is 0. The van der Waals surface area contributed by atoms with Crippen molar-refractivity contribution in [2.75, 3.05) is 24.6 Å². The van der Waals surface area contributed by atoms with Crippen molar-refractivity contribution in [2.24, 2.45) is 11.8 Å². The molecule has 8 heteroatoms. The zero-order chi connectivity index (χ0) is 20.7. The summed E-state index contributed by atoms with van der Waals surface area (Å²) in [5.41, 5.74) is 1.80. The SMILES string of the molecule is Cc1ccc(N2C[C@H](C(=O)OCC(=O)NC(=O)NCCC(C)C)CC2=O)cc1. The number of nitrogens with zero attached hydrogens (tertiary/aromatic N) is 1. The summed E-state index contributed by atoms with van der Waals surface area (Å²) in [5, 5.41) is 4.66. The van der Waals surface area contributed by atoms with E-state index in [-0.39, 0.29) is 18.9 Å². The molecule has 0 aliphatic carbocycles. The number of hydrogen-bond acceptors (Lipinski definition) is 5. The van der Waals surface area contributed by atoms with E-state index in [4.69, 9.17) is 4.74 Å². The molecule has 1 aromatic carbocycles. The minimum Gasteiger partial charge on any atom is -0.455 e. The second-order valence-corrected chi connectivity index (χ2v) is 7.34. The van der Waals surface area contributed by atoms with Gasteiger partial charge >= 0.3 is 12.0 Å². The molecule has 2 rings (SSSR count). The number of benzene rings is 1. The molecule has 28 heavy (non-hydrogen) atoms. The zero-order valence-electron chi connectivity index (χ0n) is 16.5. The summed E-state index contributed by atoms with van der Waals surface area (Å²) in [5.74, 6) is -1.71. The van der Waals surface area contributed by atoms with E-state index < -0.39 is 30.4 Å². The molecular weight excluding hydrogens is 362 g/mol. The molecule has 0 aromatic heterocycles. The van der Waals surface area contributed by atoms with Crippen LogP contribution in [0.4, 0.5) is 10.5 Å². The van der Waals surface area contributed by atoms with Crippen molar-refractivity contribution in [2.45, 2.75) is 33.6 Å². The van der Waals surface area contributed by atoms with E-state index in [2.05, 4.69) is 10.6 Å². The van der Waals surface area contributed by atoms with Crippen molar-refractivity contribution in [3.63, 3.8) is 0 Å². The summed E-state index contributed by atoms with van der Waals surface area (Å²) in [6, 6.07) is 6.82. The number of esters is 1. The van der Waals surface area contributed by atoms with E-state index in [0.29, 0.717) is 12.5 Å². The number of rotatable bonds is 7. The number of anilines is 1. The third-order valence-electron chi connectivity index (χ3n) is 4.41. The van der Waals surface area contributed by atoms with E-state index >= 15 is 0 Å². The molecule has 0 spiro atoms. The predicted molar refractivity (Wildman–Crippen MR) is 104 cm³/mol. The Bertz CT molecular complexity index is 730. The molecule has 1 heterocycles. The zero-order valence-corrected chi connectivity index (χ0v) is 16.5. The Morgan fingerprint density at radius 2 is 1.89 bits per heavy atom. The second kappa shape index (κ2) is 9.87. The molecule has 0 radical (unpaired) electrons. The largest absolute Gasteiger partial charge is 0.455 e. The summed E-state index contributed by atoms with van der Waals surface area (Å²) < 4.78 is 4.97. The molecule has 8 nitrogen and oxygen atoms in total. The molecule has 0 unspecified atom stereocenters. The van der Waals surface area contributed by atoms with Crippen LogP contribution in [-0.4, -0.2) is 43.5 Å². The van der Waals surface area contributed by atoms with Gasteiger partial charge in [-0.05, 0) is 31.4 Å². The highest BCUT2D eigenvalue weighted by Gasteiger charge is 2.36. The number of carbonyl (C=O) groups is 4. The lowest BCUT2D eigenvalue weighted by Gasteiger charge is -2.16. The minimum atomic E-state index is -0.713. The lowest BCUT2D eigenvalue weighted by molar-refractivity contribution is -0.152. The molecule has 1 fully saturated rings. The third-order valence-corrected chi connectivity index (χ3v) is 4.41. The van der Waals surface area contributed by atoms with Crippen LogP contribution in [0, 0.1) is 18.8 Å². The number of nitrogens with one attached hydrogen (secondary N) is 2. The molecule has 0 bridgehead atoms. The normalized spacial score (nSPS) is 16.2. The van der Waals surface area contributed by atoms with Gasteiger partial charge in [-0.1, -0.05) is 31.5 Å². The molecule has 2 N–H and O–H groups in total. The first-order valence-corrected chi connectivity index (χ1v) is 9.37. The number of hydrogen-bond donors (Lipinski definition) is 2. The fourth-order valence-electron chi connectivity index (χ4n) is 2.78. The fourth-order valence-corrected chi connectivity index (χ4v) is 2.78. The lowest BCUT2D eigenvalue weighted by Crippen LogP contribution is -2.42. The molecule has 4 amide bonds. The van der Waals surface area contributed by atoms with Crippen molar-refractivity contribution in [3.05, 3.63) is 29.8 Å². The Hall–Kier alpha value is -2.90. The van der Waals surface area contributed by atoms with Crippen LogP contribution in [-0.2, 0) is 19.1 Å². The molecule has 1 aliphatic rings. The van der Waals surface area contributed by atoms with E-state index in [0.717, 1.165) is 17.7 Å². The van der Waals surface area contributed by atoms with Crippen molar-refractivity contribution >= 4 is 29.5 Å². The summed E-state index contributed by atoms with van der Waals surface area (Å²) in [6.45, 7) is 6.10. The average molecular weight is 389 g/mol. The first-order chi connectivity index (χ1) is 13.3. The lowest BCUT2D eigenvalue weighted by atomic mass is 10.1. The van der Waals surface area contributed by atoms with E-state index in [9.17, 15) is 19.2 Å². The van der Waals surface area contributed by atoms with Gasteiger partial charge in [0, 0.05) is 25.2 Å². The van der Waals surface area contributed by atoms with E-state index in [1.807, 2.05) is 45.0 Å². The first kappa shape index (κ1) is 21.4. The maximum Gasteiger partial charge on any atom is 0.321 e. The fraction of sp³-hybridized carbons (Fsp3) is 0.500. The Labute approximate surface area is 164 Å². The highest BCUT2D eigenvalue weighted by atomic mass is 16.5. The van der Waals surface area contributed by atoms with Gasteiger partial charge in [0.1, 0.15) is 0 Å². The smallest absolute Gasteiger partial charge is 0.321 e. The first-order valence-electron chi connectivity index (χ1n) is 9.37. The van der Waals surface area contributed by atoms with Gasteiger partial charge < -0.3 is 15.0 Å². The highest BCUT2D eigenvalue weighted by Crippen LogP contribution is 2.26. The quantitative estimate of drug-likeness (QED) is 0.692. The van der Waals surface area contributed by atoms with Gasteiger partial charge in [0.05, 0.1) is 5.92 Å². The molecule has 1 aromatic rings. The molecular formula is C20H27N3O5. The van der Waals surface area contributed by atoms with Gasteiger partial charge in [-0.2, -0.15) is 0 Å². The molecule has 0 saturated carbocycles. The summed E-state index contributed by atoms with van der Waals surface area (Å²) in [6.07, 6.45) is 0.827. The van der Waals surface area contributed by atoms with Gasteiger partial charge in [0.2, 0.25) is 5.91 Å². The second-order valence-electron chi connectivity index (χ2n) is 7.34. The number of carbonyl (C=O) groups excluding carboxylic acids is 4. The third kappa shape index (κ3) is 6.37. The number of ether oxygens (including phenoxy) is 1. The number of aryl methyl sites for hydroxylation is 1. The number of urea groups is 1. The Morgan fingerprint density at radius 3 is 2.54 bits per heavy atom. The molecule has 1 aliphatic heterocycles. The maximum absolute atomic E-state index is 12.2. The molecule has 1 saturated heterocycles. The van der Waals surface area contributed by atoms with E-state index in [1.54, 1.807) is 0 Å². The van der Waals surface area contributed by atoms with Gasteiger partial charge in [-0.25, -0.2) is 4.79 Å². The van der Waals surface area contributed by atoms with Crippen molar-refractivity contribution < 1.29 is 23.9 Å². The standard InChI is InChI=1S/C20H27N3O5/c1-13(2)8-9-21-20(27)22-17(24)12-28-19(26)15-10-18(25)23(11-15)16-6-4-14(3)5-7-16/h4-7,13,15H,8-12H2,1-3H3,(H2,21,22,24,27)/t15-/m1/s1. The Kier molecular flexibility index (Phi) is 7.54. The minimum absolute atomic E-state index is 0.0318. The topological polar surface area (TPSA) is 105 Å². The monoisotopic (exact) mass is 389 g/mol. The van der Waals surface area contributed by atoms with Crippen LogP contribution in [0.25, 0.3) is 0 Å². The van der Waals surface area contributed by atoms with E-state index in [1.165, 1.54) is 4.90 Å². The van der Waals surface area contributed by atoms with Crippen molar-refractivity contribution in [1.82, 2.24) is 10.6 Å². The van der Waals surface area contributed by atoms with Crippen LogP contribution in [0.1, 0.15) is 32.3 Å². The maximum atomic E-state index is 12.2. The van der Waals surface area contributed by atoms with Gasteiger partial charge in [-0.3, -0.25) is 19.7 Å². The van der Waals surface area contributed by atoms with Crippen LogP contribution in [0.2, 0.25) is 0 Å². The van der Waals surface area contributed by atoms with Gasteiger partial charge in [0.15, 0.2) is 6.61 Å². The van der Waals surface area contributed by atoms with Crippen molar-refractivity contribution in [1.29, 1.82) is 0 Å². The summed E-state index contributed by atoms with van der Waals surface area (Å²) in [4.78, 5) is 49.2. The van der Waals surface area contributed by atoms with Crippen LogP contribution in [0.3, 0.4) is 0 Å². The summed E-state index contributed by atoms with van der Waals surface area (Å²) >= 11 is 0. The van der Waals surface area contributed by atoms with Crippen LogP contribution < -0.4 is 15.5 Å². The van der Waals surface area contributed by atoms with Crippen LogP contribution in [0.15, 0.2) is 24.3 Å². The van der Waals surface area contributed by atoms with Gasteiger partial charge in [0.25, 0.3) is 5.91 Å².